The van der Waals surface area contributed by atoms with Crippen LogP contribution in [-0.2, 0) is 4.74 Å². The number of nitrogens with zero attached hydrogens (tertiary/aromatic N) is 1. The highest BCUT2D eigenvalue weighted by atomic mass is 16.5. The van der Waals surface area contributed by atoms with Crippen LogP contribution < -0.4 is 0 Å². The molecule has 1 unspecified atom stereocenters. The number of ether oxygens (including phenoxy) is 1. The smallest absolute Gasteiger partial charge is 0.126 e. The normalized spacial score (nSPS) is 12.6. The summed E-state index contributed by atoms with van der Waals surface area (Å²) in [7, 11) is 1.68. The molecule has 78 valence electrons. The zero-order valence-electron chi connectivity index (χ0n) is 9.26. The lowest BCUT2D eigenvalue weighted by atomic mass is 10.2. The number of rotatable bonds is 6. The van der Waals surface area contributed by atoms with Crippen LogP contribution in [-0.4, -0.2) is 37.0 Å². The van der Waals surface area contributed by atoms with Crippen molar-refractivity contribution in [1.82, 2.24) is 4.90 Å². The summed E-state index contributed by atoms with van der Waals surface area (Å²) in [6.45, 7) is 8.02. The van der Waals surface area contributed by atoms with Crippen LogP contribution in [0.3, 0.4) is 0 Å². The van der Waals surface area contributed by atoms with E-state index in [0.717, 1.165) is 25.9 Å². The summed E-state index contributed by atoms with van der Waals surface area (Å²) in [5, 5.41) is 7.91. The number of hydrogen-bond donors (Lipinski definition) is 1. The fraction of sp³-hybridized carbons (Fsp3) is 0.900. The molecule has 0 aliphatic carbocycles. The first kappa shape index (κ1) is 12.4. The number of amidine groups is 1. The third kappa shape index (κ3) is 3.77. The molecule has 0 saturated heterocycles. The van der Waals surface area contributed by atoms with Gasteiger partial charge in [0.2, 0.25) is 0 Å². The lowest BCUT2D eigenvalue weighted by Gasteiger charge is -2.26. The largest absolute Gasteiger partial charge is 0.374 e. The molecule has 0 heterocycles. The molecule has 0 amide bonds. The Balaban J connectivity index is 4.16. The minimum atomic E-state index is -0.0232. The molecular weight excluding hydrogens is 164 g/mol. The van der Waals surface area contributed by atoms with Gasteiger partial charge in [-0.25, -0.2) is 0 Å². The van der Waals surface area contributed by atoms with Crippen molar-refractivity contribution in [2.75, 3.05) is 20.2 Å². The van der Waals surface area contributed by atoms with E-state index in [-0.39, 0.29) is 6.10 Å². The standard InChI is InChI=1S/C10H22N2O/c1-5-8-9(13-4)10(11)12(6-2)7-3/h9,11H,5-8H2,1-4H3. The molecule has 0 rings (SSSR count). The monoisotopic (exact) mass is 186 g/mol. The summed E-state index contributed by atoms with van der Waals surface area (Å²) in [5.74, 6) is 0.620. The van der Waals surface area contributed by atoms with Gasteiger partial charge in [0.25, 0.3) is 0 Å². The molecule has 0 aliphatic heterocycles. The van der Waals surface area contributed by atoms with Crippen molar-refractivity contribution in [3.8, 4) is 0 Å². The highest BCUT2D eigenvalue weighted by Gasteiger charge is 2.16. The first-order valence-electron chi connectivity index (χ1n) is 5.07. The molecule has 3 nitrogen and oxygen atoms in total. The van der Waals surface area contributed by atoms with E-state index in [9.17, 15) is 0 Å². The zero-order chi connectivity index (χ0) is 10.3. The molecule has 0 aliphatic rings. The molecule has 0 aromatic rings. The minimum Gasteiger partial charge on any atom is -0.374 e. The fourth-order valence-corrected chi connectivity index (χ4v) is 1.40. The Morgan fingerprint density at radius 3 is 2.15 bits per heavy atom. The molecule has 0 bridgehead atoms. The first-order valence-corrected chi connectivity index (χ1v) is 5.07. The predicted molar refractivity (Wildman–Crippen MR) is 56.4 cm³/mol. The Labute approximate surface area is 81.6 Å². The summed E-state index contributed by atoms with van der Waals surface area (Å²) in [5.41, 5.74) is 0. The van der Waals surface area contributed by atoms with Gasteiger partial charge in [-0.15, -0.1) is 0 Å². The fourth-order valence-electron chi connectivity index (χ4n) is 1.40. The third-order valence-electron chi connectivity index (χ3n) is 2.24. The maximum Gasteiger partial charge on any atom is 0.126 e. The zero-order valence-corrected chi connectivity index (χ0v) is 9.26. The van der Waals surface area contributed by atoms with Crippen molar-refractivity contribution in [1.29, 1.82) is 5.41 Å². The van der Waals surface area contributed by atoms with Crippen LogP contribution in [0.15, 0.2) is 0 Å². The van der Waals surface area contributed by atoms with Crippen LogP contribution in [0, 0.1) is 5.41 Å². The summed E-state index contributed by atoms with van der Waals surface area (Å²) in [6.07, 6.45) is 1.97. The molecule has 0 radical (unpaired) electrons. The van der Waals surface area contributed by atoms with Crippen LogP contribution in [0.2, 0.25) is 0 Å². The highest BCUT2D eigenvalue weighted by Crippen LogP contribution is 2.05. The van der Waals surface area contributed by atoms with Crippen molar-refractivity contribution in [3.63, 3.8) is 0 Å². The first-order chi connectivity index (χ1) is 6.21. The van der Waals surface area contributed by atoms with Crippen LogP contribution in [0.1, 0.15) is 33.6 Å². The molecule has 0 aromatic carbocycles. The molecule has 0 fully saturated rings. The van der Waals surface area contributed by atoms with Crippen molar-refractivity contribution in [3.05, 3.63) is 0 Å². The van der Waals surface area contributed by atoms with Crippen LogP contribution in [0.5, 0.6) is 0 Å². The summed E-state index contributed by atoms with van der Waals surface area (Å²) in [6, 6.07) is 0. The van der Waals surface area contributed by atoms with E-state index in [1.54, 1.807) is 7.11 Å². The van der Waals surface area contributed by atoms with Crippen LogP contribution in [0.25, 0.3) is 0 Å². The third-order valence-corrected chi connectivity index (χ3v) is 2.24. The second-order valence-electron chi connectivity index (χ2n) is 3.07. The second-order valence-corrected chi connectivity index (χ2v) is 3.07. The van der Waals surface area contributed by atoms with E-state index in [2.05, 4.69) is 20.8 Å². The van der Waals surface area contributed by atoms with E-state index in [4.69, 9.17) is 10.1 Å². The Hall–Kier alpha value is -0.570. The second kappa shape index (κ2) is 6.89. The van der Waals surface area contributed by atoms with Gasteiger partial charge in [0.05, 0.1) is 0 Å². The van der Waals surface area contributed by atoms with E-state index >= 15 is 0 Å². The number of methoxy groups -OCH3 is 1. The quantitative estimate of drug-likeness (QED) is 0.509. The molecule has 1 N–H and O–H groups in total. The number of nitrogens with one attached hydrogen (secondary N) is 1. The SMILES string of the molecule is CCCC(OC)C(=N)N(CC)CC. The van der Waals surface area contributed by atoms with Crippen molar-refractivity contribution < 1.29 is 4.74 Å². The van der Waals surface area contributed by atoms with E-state index < -0.39 is 0 Å². The molecule has 0 aromatic heterocycles. The highest BCUT2D eigenvalue weighted by molar-refractivity contribution is 5.83. The van der Waals surface area contributed by atoms with Gasteiger partial charge in [0.1, 0.15) is 11.9 Å². The summed E-state index contributed by atoms with van der Waals surface area (Å²) >= 11 is 0. The van der Waals surface area contributed by atoms with E-state index in [1.165, 1.54) is 0 Å². The van der Waals surface area contributed by atoms with Gasteiger partial charge in [0, 0.05) is 20.2 Å². The van der Waals surface area contributed by atoms with Gasteiger partial charge < -0.3 is 9.64 Å². The van der Waals surface area contributed by atoms with Gasteiger partial charge in [-0.05, 0) is 20.3 Å². The average molecular weight is 186 g/mol. The Morgan fingerprint density at radius 1 is 1.31 bits per heavy atom. The van der Waals surface area contributed by atoms with Gasteiger partial charge in [-0.1, -0.05) is 13.3 Å². The van der Waals surface area contributed by atoms with Crippen LogP contribution >= 0.6 is 0 Å². The predicted octanol–water partition coefficient (Wildman–Crippen LogP) is 2.12. The molecule has 0 spiro atoms. The summed E-state index contributed by atoms with van der Waals surface area (Å²) in [4.78, 5) is 2.03. The Kier molecular flexibility index (Phi) is 6.59. The maximum atomic E-state index is 7.91. The lowest BCUT2D eigenvalue weighted by Crippen LogP contribution is -2.39. The average Bonchev–Trinajstić information content (AvgIpc) is 2.15. The van der Waals surface area contributed by atoms with Gasteiger partial charge in [-0.3, -0.25) is 5.41 Å². The van der Waals surface area contributed by atoms with E-state index in [0.29, 0.717) is 5.84 Å². The lowest BCUT2D eigenvalue weighted by molar-refractivity contribution is 0.134. The van der Waals surface area contributed by atoms with Gasteiger partial charge >= 0.3 is 0 Å². The topological polar surface area (TPSA) is 36.3 Å². The molecule has 0 saturated carbocycles. The number of hydrogen-bond acceptors (Lipinski definition) is 2. The Morgan fingerprint density at radius 2 is 1.85 bits per heavy atom. The van der Waals surface area contributed by atoms with Gasteiger partial charge in [0.15, 0.2) is 0 Å². The molecule has 3 heteroatoms. The summed E-state index contributed by atoms with van der Waals surface area (Å²) < 4.78 is 5.27. The van der Waals surface area contributed by atoms with Gasteiger partial charge in [-0.2, -0.15) is 0 Å². The minimum absolute atomic E-state index is 0.0232. The molecule has 1 atom stereocenters. The molecule has 13 heavy (non-hydrogen) atoms. The number of likely N-dealkylation sites (N-methyl/N-ethyl adjacent to an activating group) is 1. The van der Waals surface area contributed by atoms with Crippen molar-refractivity contribution in [2.24, 2.45) is 0 Å². The van der Waals surface area contributed by atoms with E-state index in [1.807, 2.05) is 4.90 Å². The Bertz CT molecular complexity index is 144. The molecular formula is C10H22N2O. The van der Waals surface area contributed by atoms with Crippen molar-refractivity contribution in [2.45, 2.75) is 39.7 Å². The van der Waals surface area contributed by atoms with Crippen molar-refractivity contribution >= 4 is 5.84 Å². The maximum absolute atomic E-state index is 7.91. The van der Waals surface area contributed by atoms with Crippen LogP contribution in [0.4, 0.5) is 0 Å².